The molecule has 364 valence electrons. The largest absolute Gasteiger partial charge is 0.478 e. The third-order valence-electron chi connectivity index (χ3n) is 11.5. The van der Waals surface area contributed by atoms with Crippen molar-refractivity contribution in [3.05, 3.63) is 25.3 Å². The average molecular weight is 973 g/mol. The number of nitrogens with two attached hydrogens (primary N) is 2. The van der Waals surface area contributed by atoms with E-state index in [1.165, 1.54) is 28.1 Å². The molecule has 4 aromatic heterocycles. The van der Waals surface area contributed by atoms with Gasteiger partial charge in [-0.2, -0.15) is 0 Å². The van der Waals surface area contributed by atoms with Crippen LogP contribution in [0, 0.1) is 5.92 Å². The number of aromatic nitrogens is 8. The van der Waals surface area contributed by atoms with Crippen LogP contribution in [0.1, 0.15) is 110 Å². The number of halogens is 2. The molecule has 4 unspecified atom stereocenters. The lowest BCUT2D eigenvalue weighted by Gasteiger charge is -2.30. The fraction of sp³-hybridized carbons (Fsp3) is 0.692. The number of rotatable bonds is 20. The number of carbonyl (C=O) groups excluding carboxylic acids is 2. The second-order valence-electron chi connectivity index (χ2n) is 16.2. The molecule has 2 aliphatic heterocycles. The molecule has 4 aromatic rings. The number of ether oxygens (including phenoxy) is 3. The van der Waals surface area contributed by atoms with Gasteiger partial charge >= 0.3 is 27.6 Å². The number of nitrogen functional groups attached to an aromatic ring is 2. The Hall–Kier alpha value is -4.32. The molecule has 0 spiro atoms. The molecule has 0 aromatic carbocycles. The number of imidazole rings is 2. The molecule has 27 heteroatoms. The minimum Gasteiger partial charge on any atom is -0.438 e. The van der Waals surface area contributed by atoms with E-state index in [0.717, 1.165) is 57.7 Å². The summed E-state index contributed by atoms with van der Waals surface area (Å²) in [7, 11) is -10.0. The first-order chi connectivity index (χ1) is 31.8. The lowest BCUT2D eigenvalue weighted by atomic mass is 10.1. The molecule has 0 radical (unpaired) electrons. The van der Waals surface area contributed by atoms with Gasteiger partial charge < -0.3 is 30.2 Å². The molecular weight excluding hydrogens is 916 g/mol. The van der Waals surface area contributed by atoms with E-state index in [2.05, 4.69) is 43.8 Å². The maximum atomic E-state index is 17.0. The van der Waals surface area contributed by atoms with Crippen LogP contribution in [-0.4, -0.2) is 108 Å². The third-order valence-corrected chi connectivity index (χ3v) is 14.3. The first kappa shape index (κ1) is 49.6. The van der Waals surface area contributed by atoms with Crippen molar-refractivity contribution < 1.29 is 68.9 Å². The molecule has 0 bridgehead atoms. The molecule has 7 rings (SSSR count). The molecule has 1 saturated carbocycles. The van der Waals surface area contributed by atoms with E-state index >= 15 is 8.78 Å². The fourth-order valence-corrected chi connectivity index (χ4v) is 10.6. The number of fused-ring (bicyclic) bond motifs is 4. The van der Waals surface area contributed by atoms with E-state index < -0.39 is 103 Å². The zero-order valence-corrected chi connectivity index (χ0v) is 38.4. The Morgan fingerprint density at radius 1 is 0.697 bits per heavy atom. The molecule has 10 atom stereocenters. The highest BCUT2D eigenvalue weighted by atomic mass is 31.2. The minimum absolute atomic E-state index is 0.00921. The number of esters is 2. The van der Waals surface area contributed by atoms with Crippen molar-refractivity contribution in [1.29, 1.82) is 0 Å². The highest BCUT2D eigenvalue weighted by molar-refractivity contribution is 7.48. The van der Waals surface area contributed by atoms with Crippen molar-refractivity contribution in [2.75, 3.05) is 38.3 Å². The van der Waals surface area contributed by atoms with Gasteiger partial charge in [0.15, 0.2) is 35.3 Å². The summed E-state index contributed by atoms with van der Waals surface area (Å²) in [6.07, 6.45) is 2.23. The van der Waals surface area contributed by atoms with Crippen LogP contribution in [0.2, 0.25) is 0 Å². The molecular formula is C39H56F2N10O13P2. The number of hydrogen-bond acceptors (Lipinski definition) is 21. The summed E-state index contributed by atoms with van der Waals surface area (Å²) in [4.78, 5) is 49.9. The molecule has 2 saturated heterocycles. The molecule has 66 heavy (non-hydrogen) atoms. The van der Waals surface area contributed by atoms with E-state index in [1.807, 2.05) is 0 Å². The van der Waals surface area contributed by atoms with Crippen LogP contribution < -0.4 is 11.5 Å². The van der Waals surface area contributed by atoms with Gasteiger partial charge in [-0.3, -0.25) is 32.3 Å². The number of nitrogens with zero attached hydrogens (tertiary/aromatic N) is 8. The van der Waals surface area contributed by atoms with Crippen molar-refractivity contribution in [3.63, 3.8) is 0 Å². The predicted molar refractivity (Wildman–Crippen MR) is 228 cm³/mol. The number of unbranched alkanes of at least 4 members (excludes halogenated alkanes) is 8. The highest BCUT2D eigenvalue weighted by Gasteiger charge is 2.55. The maximum absolute atomic E-state index is 17.0. The summed E-state index contributed by atoms with van der Waals surface area (Å²) in [5.41, 5.74) is 12.5. The zero-order valence-electron chi connectivity index (χ0n) is 36.6. The van der Waals surface area contributed by atoms with E-state index in [-0.39, 0.29) is 53.2 Å². The van der Waals surface area contributed by atoms with E-state index in [1.54, 1.807) is 0 Å². The number of anilines is 2. The first-order valence-corrected chi connectivity index (χ1v) is 25.0. The zero-order chi connectivity index (χ0) is 46.8. The van der Waals surface area contributed by atoms with Crippen LogP contribution in [0.15, 0.2) is 25.3 Å². The first-order valence-electron chi connectivity index (χ1n) is 22.1. The molecule has 6 heterocycles. The summed E-state index contributed by atoms with van der Waals surface area (Å²) >= 11 is 0. The van der Waals surface area contributed by atoms with Crippen molar-refractivity contribution in [2.24, 2.45) is 5.92 Å². The van der Waals surface area contributed by atoms with Crippen molar-refractivity contribution in [3.8, 4) is 0 Å². The van der Waals surface area contributed by atoms with Crippen LogP contribution in [0.25, 0.3) is 22.3 Å². The Morgan fingerprint density at radius 2 is 1.21 bits per heavy atom. The van der Waals surface area contributed by atoms with Crippen molar-refractivity contribution >= 4 is 61.5 Å². The number of alkyl halides is 2. The summed E-state index contributed by atoms with van der Waals surface area (Å²) < 4.78 is 117. The van der Waals surface area contributed by atoms with Crippen LogP contribution in [0.3, 0.4) is 0 Å². The summed E-state index contributed by atoms with van der Waals surface area (Å²) in [6.45, 7) is 0.713. The van der Waals surface area contributed by atoms with Gasteiger partial charge in [0, 0.05) is 18.8 Å². The topological polar surface area (TPSA) is 291 Å². The molecule has 4 N–H and O–H groups in total. The van der Waals surface area contributed by atoms with E-state index in [4.69, 9.17) is 52.8 Å². The van der Waals surface area contributed by atoms with Crippen LogP contribution in [0.4, 0.5) is 20.4 Å². The standard InChI is InChI=1S/C39H56F2N10O13P2/c1-3-5-7-9-11-13-27(52)56-22-60-65(54)58-16-24-15-25(50-20-48-31-35(42)44-18-46-37(31)50)29(40)33(24)63-66(55,61-23-57-28(53)14-12-10-8-6-4-2)59-17-26-34(64-65)30(41)39(62-26)51-21-49-32-36(43)45-19-47-38(32)51/h18-21,24-26,29-30,33-34,39H,3-17,22-23H2,1-2H3,(H2,42,44,46)(H2,43,45,47)/t24-,25-,26-,29?,30+,33+,34?,39-,65?,66?/m1/s1. The molecule has 3 aliphatic rings. The molecule has 3 fully saturated rings. The Morgan fingerprint density at radius 3 is 1.79 bits per heavy atom. The van der Waals surface area contributed by atoms with Gasteiger partial charge in [0.25, 0.3) is 0 Å². The molecule has 0 amide bonds. The van der Waals surface area contributed by atoms with Crippen LogP contribution in [0.5, 0.6) is 0 Å². The van der Waals surface area contributed by atoms with Crippen LogP contribution in [-0.2, 0) is 60.1 Å². The van der Waals surface area contributed by atoms with Gasteiger partial charge in [0.05, 0.1) is 31.9 Å². The minimum atomic E-state index is -5.02. The second-order valence-corrected chi connectivity index (χ2v) is 19.4. The van der Waals surface area contributed by atoms with E-state index in [0.29, 0.717) is 12.8 Å². The fourth-order valence-electron chi connectivity index (χ4n) is 8.02. The molecule has 23 nitrogen and oxygen atoms in total. The lowest BCUT2D eigenvalue weighted by Crippen LogP contribution is -2.36. The Balaban J connectivity index is 1.17. The number of carbonyl (C=O) groups is 2. The number of hydrogen-bond donors (Lipinski definition) is 2. The summed E-state index contributed by atoms with van der Waals surface area (Å²) in [5, 5.41) is 0. The predicted octanol–water partition coefficient (Wildman–Crippen LogP) is 6.75. The Kier molecular flexibility index (Phi) is 17.0. The highest BCUT2D eigenvalue weighted by Crippen LogP contribution is 2.59. The van der Waals surface area contributed by atoms with Crippen LogP contribution >= 0.6 is 15.6 Å². The van der Waals surface area contributed by atoms with Gasteiger partial charge in [0.2, 0.25) is 13.6 Å². The number of phosphoric ester groups is 2. The van der Waals surface area contributed by atoms with Gasteiger partial charge in [-0.1, -0.05) is 65.2 Å². The van der Waals surface area contributed by atoms with Gasteiger partial charge in [-0.25, -0.2) is 56.9 Å². The van der Waals surface area contributed by atoms with E-state index in [9.17, 15) is 18.7 Å². The van der Waals surface area contributed by atoms with Crippen molar-refractivity contribution in [1.82, 2.24) is 39.0 Å². The van der Waals surface area contributed by atoms with Gasteiger partial charge in [-0.15, -0.1) is 0 Å². The average Bonchev–Trinajstić information content (AvgIpc) is 4.06. The second kappa shape index (κ2) is 22.7. The normalized spacial score (nSPS) is 29.3. The SMILES string of the molecule is CCCCCCCC(=O)OCOP1(=O)OC[C@H]2C[C@@H](n3cnc4c(N)ncnc43)C(F)[C@H]2OP(=O)(OCOC(=O)CCCCCCC)OC[C@H]2O[C@@H](n3cnc4c(N)ncnc43)[C@@H](F)C2O1. The summed E-state index contributed by atoms with van der Waals surface area (Å²) in [5.74, 6) is -2.43. The lowest BCUT2D eigenvalue weighted by molar-refractivity contribution is -0.152. The Labute approximate surface area is 378 Å². The monoisotopic (exact) mass is 972 g/mol. The van der Waals surface area contributed by atoms with Crippen molar-refractivity contribution in [2.45, 2.75) is 140 Å². The smallest absolute Gasteiger partial charge is 0.438 e. The quantitative estimate of drug-likeness (QED) is 0.0400. The third kappa shape index (κ3) is 11.9. The number of phosphoric acid groups is 2. The molecule has 1 aliphatic carbocycles. The maximum Gasteiger partial charge on any atom is 0.478 e. The van der Waals surface area contributed by atoms with Gasteiger partial charge in [0.1, 0.15) is 48.2 Å². The Bertz CT molecular complexity index is 2210. The summed E-state index contributed by atoms with van der Waals surface area (Å²) in [6, 6.07) is -1.15. The van der Waals surface area contributed by atoms with Gasteiger partial charge in [-0.05, 0) is 19.3 Å².